The maximum atomic E-state index is 12.3. The molecule has 5 amide bonds. The number of hydrogen-bond acceptors (Lipinski definition) is 25. The van der Waals surface area contributed by atoms with E-state index in [4.69, 9.17) is 57.6 Å². The summed E-state index contributed by atoms with van der Waals surface area (Å²) in [7, 11) is 1.73. The molecule has 0 saturated carbocycles. The fourth-order valence-corrected chi connectivity index (χ4v) is 12.2. The van der Waals surface area contributed by atoms with Gasteiger partial charge in [0.05, 0.1) is 108 Å². The predicted molar refractivity (Wildman–Crippen MR) is 455 cm³/mol. The highest BCUT2D eigenvalue weighted by atomic mass is 16.5. The largest absolute Gasteiger partial charge is 0.494 e. The third-order valence-corrected chi connectivity index (χ3v) is 19.2. The third-order valence-electron chi connectivity index (χ3n) is 19.2. The number of rotatable bonds is 84. The van der Waals surface area contributed by atoms with Crippen LogP contribution in [0.3, 0.4) is 0 Å². The first-order valence-corrected chi connectivity index (χ1v) is 43.7. The Bertz CT molecular complexity index is 3260. The highest BCUT2D eigenvalue weighted by Crippen LogP contribution is 2.19. The van der Waals surface area contributed by atoms with Gasteiger partial charge in [-0.1, -0.05) is 84.0 Å². The number of aromatic carboxylic acids is 2. The zero-order chi connectivity index (χ0) is 90.6. The van der Waals surface area contributed by atoms with Crippen molar-refractivity contribution in [2.24, 2.45) is 11.8 Å². The van der Waals surface area contributed by atoms with Crippen molar-refractivity contribution >= 4 is 82.5 Å². The molecule has 2 rings (SSSR count). The van der Waals surface area contributed by atoms with Crippen LogP contribution in [0.2, 0.25) is 0 Å². The van der Waals surface area contributed by atoms with Gasteiger partial charge in [0.25, 0.3) is 0 Å². The summed E-state index contributed by atoms with van der Waals surface area (Å²) in [6.07, 6.45) is 22.1. The molecule has 35 nitrogen and oxygen atoms in total. The Morgan fingerprint density at radius 1 is 0.309 bits per heavy atom. The molecule has 698 valence electrons. The number of Topliss-reactive ketones (excluding diaryl/α,β-unsaturated/α-hetero) is 4. The second-order valence-electron chi connectivity index (χ2n) is 29.7. The molecule has 0 fully saturated rings. The van der Waals surface area contributed by atoms with Crippen molar-refractivity contribution in [2.45, 2.75) is 238 Å². The SMILES string of the molecule is CCC[C@@H](CCCCNC(=O)CC[C@H](NC(=O)COCCOCCNC(=O)COCCOCCCC(=O)CCCCCCCCCOc1ccc(C(=O)O)cc1)C(=O)O)C(=O)O.CN[C@@H](CCCCNC(=O)CC[C@H](CC(=O)COCCOCCCC(=O)COCCOCCNC(=O)CCCCCCCCCOc1ccc(C(=O)O)cc1)C(=O)O)C(C)=O. The van der Waals surface area contributed by atoms with Crippen LogP contribution < -0.4 is 41.4 Å². The highest BCUT2D eigenvalue weighted by molar-refractivity contribution is 5.89. The quantitative estimate of drug-likeness (QED) is 0.0275. The monoisotopic (exact) mass is 1750 g/mol. The standard InChI is InChI=1S/C44H71N3O15.C44H71N3O14/c1-2-13-34(42(52)53)14-9-10-23-45-39(49)22-21-38(44(56)57)47-41(51)33-61-31-29-59-27-24-46-40(50)32-60-30-28-58-25-12-16-36(48)15-8-6-4-3-5-7-11-26-62-37-19-17-35(18-20-37)43(54)55;1-34(48)40(45-2)14-9-10-22-46-42(52)21-18-36(44(55)56)31-38(50)33-60-29-27-57-24-12-13-37(49)32-59-30-28-58-26-23-47-41(51)15-8-6-4-3-5-7-11-25-61-39-19-16-35(17-20-39)43(53)54/h17-20,34,38H,2-16,21-33H2,1H3,(H,45,49)(H,46,50)(H,47,51)(H,52,53)(H,54,55)(H,56,57);16-17,19-20,36,40,45H,3-15,18,21-33H2,1-2H3,(H,46,52)(H,47,51)(H,53,54)(H,55,56)/t34-,38-;36-,40+/m01/s1. The van der Waals surface area contributed by atoms with Crippen molar-refractivity contribution in [1.82, 2.24) is 31.9 Å². The first-order chi connectivity index (χ1) is 59.3. The van der Waals surface area contributed by atoms with E-state index in [1.54, 1.807) is 31.3 Å². The molecule has 0 bridgehead atoms. The fourth-order valence-electron chi connectivity index (χ4n) is 12.2. The lowest BCUT2D eigenvalue weighted by molar-refractivity contribution is -0.145. The van der Waals surface area contributed by atoms with E-state index in [0.29, 0.717) is 148 Å². The summed E-state index contributed by atoms with van der Waals surface area (Å²) in [6.45, 7) is 8.18. The molecular weight excluding hydrogens is 1600 g/mol. The van der Waals surface area contributed by atoms with E-state index in [0.717, 1.165) is 103 Å². The number of carbonyl (C=O) groups is 14. The van der Waals surface area contributed by atoms with Crippen molar-refractivity contribution in [1.29, 1.82) is 0 Å². The summed E-state index contributed by atoms with van der Waals surface area (Å²) < 4.78 is 54.3. The smallest absolute Gasteiger partial charge is 0.335 e. The van der Waals surface area contributed by atoms with E-state index < -0.39 is 60.2 Å². The maximum absolute atomic E-state index is 12.3. The molecule has 2 aromatic carbocycles. The summed E-state index contributed by atoms with van der Waals surface area (Å²) in [5.41, 5.74) is 0.475. The minimum Gasteiger partial charge on any atom is -0.494 e. The maximum Gasteiger partial charge on any atom is 0.335 e. The van der Waals surface area contributed by atoms with Crippen molar-refractivity contribution in [3.05, 3.63) is 59.7 Å². The zero-order valence-electron chi connectivity index (χ0n) is 72.9. The van der Waals surface area contributed by atoms with E-state index >= 15 is 0 Å². The lowest BCUT2D eigenvalue weighted by atomic mass is 9.97. The van der Waals surface area contributed by atoms with E-state index in [-0.39, 0.29) is 175 Å². The number of carboxylic acids is 5. The van der Waals surface area contributed by atoms with Gasteiger partial charge in [0.2, 0.25) is 29.5 Å². The van der Waals surface area contributed by atoms with Gasteiger partial charge in [0, 0.05) is 84.3 Å². The summed E-state index contributed by atoms with van der Waals surface area (Å²) in [5, 5.41) is 62.2. The lowest BCUT2D eigenvalue weighted by Gasteiger charge is -2.15. The molecular formula is C88H142N6O29. The average molecular weight is 1750 g/mol. The molecule has 0 saturated heterocycles. The van der Waals surface area contributed by atoms with Crippen molar-refractivity contribution in [2.75, 3.05) is 152 Å². The molecule has 0 aliphatic rings. The number of benzene rings is 2. The van der Waals surface area contributed by atoms with Gasteiger partial charge >= 0.3 is 29.8 Å². The molecule has 123 heavy (non-hydrogen) atoms. The topological polar surface area (TPSA) is 505 Å². The van der Waals surface area contributed by atoms with Crippen LogP contribution in [-0.2, 0) is 95.4 Å². The second-order valence-corrected chi connectivity index (χ2v) is 29.7. The molecule has 11 N–H and O–H groups in total. The number of ether oxygens (including phenoxy) is 10. The zero-order valence-corrected chi connectivity index (χ0v) is 72.9. The number of ketones is 4. The Morgan fingerprint density at radius 3 is 1.16 bits per heavy atom. The normalized spacial score (nSPS) is 12.0. The minimum absolute atomic E-state index is 0.00173. The van der Waals surface area contributed by atoms with Crippen LogP contribution in [0.5, 0.6) is 11.5 Å². The van der Waals surface area contributed by atoms with Crippen LogP contribution in [0.4, 0.5) is 0 Å². The lowest BCUT2D eigenvalue weighted by Crippen LogP contribution is -2.43. The molecule has 0 aliphatic heterocycles. The first kappa shape index (κ1) is 112. The summed E-state index contributed by atoms with van der Waals surface area (Å²) in [5.74, 6) is -6.97. The molecule has 0 radical (unpaired) electrons. The Hall–Kier alpha value is -8.94. The summed E-state index contributed by atoms with van der Waals surface area (Å²) in [6, 6.07) is 11.3. The molecule has 0 aromatic heterocycles. The van der Waals surface area contributed by atoms with Gasteiger partial charge in [-0.2, -0.15) is 0 Å². The van der Waals surface area contributed by atoms with Gasteiger partial charge in [0.1, 0.15) is 55.5 Å². The van der Waals surface area contributed by atoms with Gasteiger partial charge in [-0.15, -0.1) is 0 Å². The van der Waals surface area contributed by atoms with Crippen LogP contribution >= 0.6 is 0 Å². The molecule has 0 spiro atoms. The number of carbonyl (C=O) groups excluding carboxylic acids is 9. The molecule has 4 atom stereocenters. The molecule has 0 aliphatic carbocycles. The number of nitrogens with one attached hydrogen (secondary N) is 6. The van der Waals surface area contributed by atoms with Crippen LogP contribution in [0, 0.1) is 11.8 Å². The van der Waals surface area contributed by atoms with Gasteiger partial charge in [-0.3, -0.25) is 52.7 Å². The Labute approximate surface area is 724 Å². The van der Waals surface area contributed by atoms with Gasteiger partial charge in [-0.05, 0) is 152 Å². The molecule has 0 heterocycles. The fraction of sp³-hybridized carbons (Fsp3) is 0.705. The van der Waals surface area contributed by atoms with Crippen LogP contribution in [-0.4, -0.2) is 272 Å². The van der Waals surface area contributed by atoms with E-state index in [9.17, 15) is 82.4 Å². The molecule has 0 unspecified atom stereocenters. The average Bonchev–Trinajstić information content (AvgIpc) is 0.902. The van der Waals surface area contributed by atoms with Crippen molar-refractivity contribution in [3.8, 4) is 11.5 Å². The molecule has 35 heteroatoms. The van der Waals surface area contributed by atoms with Crippen LogP contribution in [0.25, 0.3) is 0 Å². The van der Waals surface area contributed by atoms with E-state index in [2.05, 4.69) is 31.9 Å². The van der Waals surface area contributed by atoms with Gasteiger partial charge < -0.3 is 105 Å². The highest BCUT2D eigenvalue weighted by Gasteiger charge is 2.24. The number of amides is 5. The van der Waals surface area contributed by atoms with Crippen LogP contribution in [0.15, 0.2) is 48.5 Å². The number of unbranched alkanes of at least 4 members (excludes halogenated alkanes) is 14. The van der Waals surface area contributed by atoms with Crippen molar-refractivity contribution in [3.63, 3.8) is 0 Å². The number of hydrogen-bond donors (Lipinski definition) is 11. The van der Waals surface area contributed by atoms with Gasteiger partial charge in [-0.25, -0.2) is 14.4 Å². The molecule has 2 aromatic rings. The minimum atomic E-state index is -1.28. The van der Waals surface area contributed by atoms with E-state index in [1.165, 1.54) is 31.2 Å². The third kappa shape index (κ3) is 67.2. The Balaban J connectivity index is 0.00000123. The van der Waals surface area contributed by atoms with Crippen molar-refractivity contribution < 1.29 is 140 Å². The number of aliphatic carboxylic acids is 3. The Morgan fingerprint density at radius 2 is 0.699 bits per heavy atom. The van der Waals surface area contributed by atoms with Gasteiger partial charge in [0.15, 0.2) is 11.6 Å². The first-order valence-electron chi connectivity index (χ1n) is 43.7. The van der Waals surface area contributed by atoms with Crippen LogP contribution in [0.1, 0.15) is 246 Å². The van der Waals surface area contributed by atoms with E-state index in [1.807, 2.05) is 6.92 Å². The Kier molecular flexibility index (Phi) is 69.9. The summed E-state index contributed by atoms with van der Waals surface area (Å²) in [4.78, 5) is 164. The predicted octanol–water partition coefficient (Wildman–Crippen LogP) is 8.87. The number of carboxylic acid groups (broad SMARTS) is 5. The second kappa shape index (κ2) is 76.7. The summed E-state index contributed by atoms with van der Waals surface area (Å²) >= 11 is 0. The number of likely N-dealkylation sites (N-methyl/N-ethyl adjacent to an activating group) is 1.